The van der Waals surface area contributed by atoms with Crippen molar-refractivity contribution in [3.05, 3.63) is 26.7 Å². The maximum absolute atomic E-state index is 12.3. The number of halogens is 3. The van der Waals surface area contributed by atoms with Crippen LogP contribution in [0.3, 0.4) is 0 Å². The van der Waals surface area contributed by atoms with Gasteiger partial charge in [0.05, 0.1) is 20.6 Å². The molecule has 1 aliphatic rings. The van der Waals surface area contributed by atoms with Crippen molar-refractivity contribution >= 4 is 50.7 Å². The zero-order valence-electron chi connectivity index (χ0n) is 10.8. The number of sulfonamides is 1. The van der Waals surface area contributed by atoms with Crippen LogP contribution in [0, 0.1) is 0 Å². The molecular formula is C12H13Cl3N2O3S. The second-order valence-electron chi connectivity index (χ2n) is 4.86. The largest absolute Gasteiger partial charge is 0.349 e. The van der Waals surface area contributed by atoms with Crippen LogP contribution in [0.15, 0.2) is 11.0 Å². The molecule has 1 aromatic carbocycles. The molecule has 0 saturated heterocycles. The number of hydrogen-bond acceptors (Lipinski definition) is 3. The molecular weight excluding hydrogens is 359 g/mol. The minimum Gasteiger partial charge on any atom is -0.349 e. The van der Waals surface area contributed by atoms with E-state index in [0.29, 0.717) is 0 Å². The number of amides is 1. The van der Waals surface area contributed by atoms with E-state index in [1.54, 1.807) is 0 Å². The van der Waals surface area contributed by atoms with Crippen molar-refractivity contribution in [2.45, 2.75) is 36.6 Å². The molecule has 0 spiro atoms. The molecule has 0 aromatic heterocycles. The number of nitrogens with one attached hydrogen (secondary N) is 1. The zero-order chi connectivity index (χ0) is 15.8. The summed E-state index contributed by atoms with van der Waals surface area (Å²) in [5.41, 5.74) is -0.165. The van der Waals surface area contributed by atoms with Gasteiger partial charge in [-0.2, -0.15) is 0 Å². The average molecular weight is 372 g/mol. The van der Waals surface area contributed by atoms with Crippen LogP contribution in [-0.4, -0.2) is 20.4 Å². The highest BCUT2D eigenvalue weighted by Gasteiger charge is 2.27. The highest BCUT2D eigenvalue weighted by Crippen LogP contribution is 2.36. The molecule has 1 aromatic rings. The van der Waals surface area contributed by atoms with Gasteiger partial charge in [-0.05, 0) is 18.9 Å². The molecule has 0 heterocycles. The molecule has 116 valence electrons. The lowest BCUT2D eigenvalue weighted by molar-refractivity contribution is 0.0938. The monoisotopic (exact) mass is 370 g/mol. The molecule has 0 atom stereocenters. The Hall–Kier alpha value is -0.530. The van der Waals surface area contributed by atoms with E-state index in [2.05, 4.69) is 5.32 Å². The van der Waals surface area contributed by atoms with Crippen molar-refractivity contribution in [2.24, 2.45) is 5.14 Å². The number of hydrogen-bond donors (Lipinski definition) is 2. The van der Waals surface area contributed by atoms with E-state index in [4.69, 9.17) is 39.9 Å². The fraction of sp³-hybridized carbons (Fsp3) is 0.417. The van der Waals surface area contributed by atoms with Gasteiger partial charge < -0.3 is 5.32 Å². The first kappa shape index (κ1) is 16.8. The van der Waals surface area contributed by atoms with Crippen LogP contribution < -0.4 is 10.5 Å². The summed E-state index contributed by atoms with van der Waals surface area (Å²) < 4.78 is 23.0. The molecule has 9 heteroatoms. The van der Waals surface area contributed by atoms with E-state index >= 15 is 0 Å². The molecule has 0 unspecified atom stereocenters. The summed E-state index contributed by atoms with van der Waals surface area (Å²) in [4.78, 5) is 11.9. The fourth-order valence-electron chi connectivity index (χ4n) is 2.31. The summed E-state index contributed by atoms with van der Waals surface area (Å²) in [5.74, 6) is -0.552. The number of carbonyl (C=O) groups excluding carboxylic acids is 1. The minimum atomic E-state index is -4.11. The second-order valence-corrected chi connectivity index (χ2v) is 7.55. The summed E-state index contributed by atoms with van der Waals surface area (Å²) in [6, 6.07) is 1.06. The minimum absolute atomic E-state index is 0.0292. The number of benzene rings is 1. The molecule has 21 heavy (non-hydrogen) atoms. The van der Waals surface area contributed by atoms with Crippen molar-refractivity contribution in [1.82, 2.24) is 5.32 Å². The van der Waals surface area contributed by atoms with Crippen molar-refractivity contribution in [3.63, 3.8) is 0 Å². The lowest BCUT2D eigenvalue weighted by Crippen LogP contribution is -2.33. The first-order valence-electron chi connectivity index (χ1n) is 6.23. The van der Waals surface area contributed by atoms with Gasteiger partial charge in [-0.1, -0.05) is 47.6 Å². The van der Waals surface area contributed by atoms with Crippen LogP contribution in [-0.2, 0) is 10.0 Å². The topological polar surface area (TPSA) is 89.3 Å². The Morgan fingerprint density at radius 2 is 1.76 bits per heavy atom. The van der Waals surface area contributed by atoms with Gasteiger partial charge in [0.25, 0.3) is 5.91 Å². The lowest BCUT2D eigenvalue weighted by Gasteiger charge is -2.15. The third kappa shape index (κ3) is 3.63. The lowest BCUT2D eigenvalue weighted by atomic mass is 10.1. The van der Waals surface area contributed by atoms with Crippen molar-refractivity contribution in [2.75, 3.05) is 0 Å². The van der Waals surface area contributed by atoms with Gasteiger partial charge in [0.2, 0.25) is 10.0 Å². The number of rotatable bonds is 3. The predicted octanol–water partition coefficient (Wildman–Crippen LogP) is 2.97. The van der Waals surface area contributed by atoms with Crippen LogP contribution >= 0.6 is 34.8 Å². The Labute approximate surface area is 137 Å². The molecule has 5 nitrogen and oxygen atoms in total. The summed E-state index contributed by atoms with van der Waals surface area (Å²) in [5, 5.41) is 7.34. The molecule has 1 aliphatic carbocycles. The molecule has 3 N–H and O–H groups in total. The average Bonchev–Trinajstić information content (AvgIpc) is 2.85. The molecule has 1 saturated carbocycles. The van der Waals surface area contributed by atoms with Gasteiger partial charge in [0.15, 0.2) is 0 Å². The van der Waals surface area contributed by atoms with Crippen molar-refractivity contribution in [1.29, 1.82) is 0 Å². The summed E-state index contributed by atoms with van der Waals surface area (Å²) >= 11 is 17.8. The van der Waals surface area contributed by atoms with E-state index in [-0.39, 0.29) is 26.7 Å². The molecule has 0 aliphatic heterocycles. The first-order chi connectivity index (χ1) is 9.71. The molecule has 1 fully saturated rings. The van der Waals surface area contributed by atoms with Gasteiger partial charge in [-0.25, -0.2) is 13.6 Å². The summed E-state index contributed by atoms with van der Waals surface area (Å²) in [6.45, 7) is 0. The maximum atomic E-state index is 12.3. The van der Waals surface area contributed by atoms with Crippen LogP contribution in [0.25, 0.3) is 0 Å². The van der Waals surface area contributed by atoms with Gasteiger partial charge in [-0.15, -0.1) is 0 Å². The Morgan fingerprint density at radius 3 is 2.29 bits per heavy atom. The normalized spacial score (nSPS) is 16.2. The summed E-state index contributed by atoms with van der Waals surface area (Å²) in [6.07, 6.45) is 3.79. The van der Waals surface area contributed by atoms with E-state index in [1.807, 2.05) is 0 Å². The van der Waals surface area contributed by atoms with Gasteiger partial charge >= 0.3 is 0 Å². The zero-order valence-corrected chi connectivity index (χ0v) is 13.9. The molecule has 2 rings (SSSR count). The van der Waals surface area contributed by atoms with Crippen LogP contribution in [0.1, 0.15) is 36.0 Å². The van der Waals surface area contributed by atoms with Crippen LogP contribution in [0.4, 0.5) is 0 Å². The Balaban J connectivity index is 2.46. The number of nitrogens with two attached hydrogens (primary N) is 1. The highest BCUT2D eigenvalue weighted by molar-refractivity contribution is 7.89. The van der Waals surface area contributed by atoms with E-state index in [1.165, 1.54) is 0 Å². The van der Waals surface area contributed by atoms with Gasteiger partial charge in [0.1, 0.15) is 4.90 Å². The Bertz CT molecular complexity index is 685. The highest BCUT2D eigenvalue weighted by atomic mass is 35.5. The van der Waals surface area contributed by atoms with Crippen molar-refractivity contribution in [3.8, 4) is 0 Å². The quantitative estimate of drug-likeness (QED) is 0.800. The number of carbonyl (C=O) groups is 1. The van der Waals surface area contributed by atoms with Gasteiger partial charge in [0, 0.05) is 6.04 Å². The Kier molecular flexibility index (Phi) is 5.05. The smallest absolute Gasteiger partial charge is 0.254 e. The second kappa shape index (κ2) is 6.30. The maximum Gasteiger partial charge on any atom is 0.254 e. The number of primary sulfonamides is 1. The molecule has 1 amide bonds. The van der Waals surface area contributed by atoms with Gasteiger partial charge in [-0.3, -0.25) is 4.79 Å². The van der Waals surface area contributed by atoms with Crippen molar-refractivity contribution < 1.29 is 13.2 Å². The fourth-order valence-corrected chi connectivity index (χ4v) is 4.06. The predicted molar refractivity (Wildman–Crippen MR) is 82.6 cm³/mol. The first-order valence-corrected chi connectivity index (χ1v) is 8.91. The van der Waals surface area contributed by atoms with E-state index in [0.717, 1.165) is 31.7 Å². The van der Waals surface area contributed by atoms with Crippen LogP contribution in [0.5, 0.6) is 0 Å². The Morgan fingerprint density at radius 1 is 1.19 bits per heavy atom. The third-order valence-electron chi connectivity index (χ3n) is 3.35. The standard InChI is InChI=1S/C12H13Cl3N2O3S/c13-7-5-8(21(16,19)20)11(15)9(10(7)14)12(18)17-6-3-1-2-4-6/h5-6H,1-4H2,(H,17,18)(H2,16,19,20). The van der Waals surface area contributed by atoms with E-state index in [9.17, 15) is 13.2 Å². The SMILES string of the molecule is NS(=O)(=O)c1cc(Cl)c(Cl)c(C(=O)NC2CCCC2)c1Cl. The third-order valence-corrected chi connectivity index (χ3v) is 5.57. The van der Waals surface area contributed by atoms with E-state index < -0.39 is 20.8 Å². The van der Waals surface area contributed by atoms with Crippen LogP contribution in [0.2, 0.25) is 15.1 Å². The summed E-state index contributed by atoms with van der Waals surface area (Å²) in [7, 11) is -4.11. The molecule has 0 bridgehead atoms. The molecule has 0 radical (unpaired) electrons.